The molecule has 0 aliphatic heterocycles. The van der Waals surface area contributed by atoms with Crippen molar-refractivity contribution in [2.45, 2.75) is 40.0 Å². The van der Waals surface area contributed by atoms with Crippen molar-refractivity contribution in [2.75, 3.05) is 17.2 Å². The number of hydrogen-bond acceptors (Lipinski definition) is 4. The van der Waals surface area contributed by atoms with Crippen LogP contribution >= 0.6 is 11.3 Å². The highest BCUT2D eigenvalue weighted by atomic mass is 32.1. The number of ether oxygens (including phenoxy) is 1. The number of anilines is 2. The molecule has 138 valence electrons. The van der Waals surface area contributed by atoms with E-state index >= 15 is 0 Å². The summed E-state index contributed by atoms with van der Waals surface area (Å²) in [5.74, 6) is 0.232. The molecule has 1 aromatic carbocycles. The Balaban J connectivity index is 1.82. The van der Waals surface area contributed by atoms with Crippen LogP contribution in [0.2, 0.25) is 0 Å². The molecule has 0 fully saturated rings. The Labute approximate surface area is 157 Å². The lowest BCUT2D eigenvalue weighted by molar-refractivity contribution is 0.0526. The molecule has 1 heterocycles. The first kappa shape index (κ1) is 18.5. The molecule has 2 aromatic rings. The van der Waals surface area contributed by atoms with Crippen molar-refractivity contribution in [1.29, 1.82) is 0 Å². The number of carbonyl (C=O) groups is 2. The van der Waals surface area contributed by atoms with E-state index in [9.17, 15) is 9.59 Å². The summed E-state index contributed by atoms with van der Waals surface area (Å²) in [7, 11) is 0. The zero-order valence-electron chi connectivity index (χ0n) is 15.3. The van der Waals surface area contributed by atoms with E-state index in [-0.39, 0.29) is 12.0 Å². The minimum absolute atomic E-state index is 0.314. The van der Waals surface area contributed by atoms with Gasteiger partial charge in [0.2, 0.25) is 0 Å². The second kappa shape index (κ2) is 7.91. The van der Waals surface area contributed by atoms with Crippen molar-refractivity contribution in [3.63, 3.8) is 0 Å². The molecule has 5 nitrogen and oxygen atoms in total. The van der Waals surface area contributed by atoms with Crippen LogP contribution in [0.4, 0.5) is 15.5 Å². The van der Waals surface area contributed by atoms with Crippen LogP contribution in [0.5, 0.6) is 0 Å². The molecule has 26 heavy (non-hydrogen) atoms. The highest BCUT2D eigenvalue weighted by Crippen LogP contribution is 2.40. The Kier molecular flexibility index (Phi) is 5.61. The molecule has 1 aliphatic carbocycles. The van der Waals surface area contributed by atoms with Gasteiger partial charge in [-0.3, -0.25) is 5.32 Å². The molecule has 2 N–H and O–H groups in total. The van der Waals surface area contributed by atoms with Gasteiger partial charge < -0.3 is 10.1 Å². The molecule has 0 radical (unpaired) electrons. The second-order valence-corrected chi connectivity index (χ2v) is 7.83. The van der Waals surface area contributed by atoms with Crippen LogP contribution in [0, 0.1) is 12.8 Å². The first-order valence-electron chi connectivity index (χ1n) is 8.94. The molecular weight excluding hydrogens is 348 g/mol. The lowest BCUT2D eigenvalue weighted by Crippen LogP contribution is -2.21. The van der Waals surface area contributed by atoms with Gasteiger partial charge in [-0.25, -0.2) is 9.59 Å². The number of benzene rings is 1. The van der Waals surface area contributed by atoms with Crippen molar-refractivity contribution in [1.82, 2.24) is 0 Å². The van der Waals surface area contributed by atoms with Crippen LogP contribution in [0.15, 0.2) is 24.3 Å². The Morgan fingerprint density at radius 1 is 1.23 bits per heavy atom. The van der Waals surface area contributed by atoms with E-state index in [1.54, 1.807) is 6.92 Å². The van der Waals surface area contributed by atoms with Crippen LogP contribution in [-0.2, 0) is 17.6 Å². The predicted octanol–water partition coefficient (Wildman–Crippen LogP) is 5.00. The van der Waals surface area contributed by atoms with E-state index in [4.69, 9.17) is 4.74 Å². The molecule has 1 aromatic heterocycles. The first-order valence-corrected chi connectivity index (χ1v) is 9.76. The Morgan fingerprint density at radius 3 is 2.65 bits per heavy atom. The van der Waals surface area contributed by atoms with E-state index in [2.05, 4.69) is 17.6 Å². The van der Waals surface area contributed by atoms with Gasteiger partial charge in [-0.15, -0.1) is 11.3 Å². The molecule has 1 atom stereocenters. The molecule has 3 rings (SSSR count). The largest absolute Gasteiger partial charge is 0.462 e. The maximum absolute atomic E-state index is 12.5. The van der Waals surface area contributed by atoms with Crippen molar-refractivity contribution < 1.29 is 14.3 Å². The Morgan fingerprint density at radius 2 is 1.96 bits per heavy atom. The van der Waals surface area contributed by atoms with Crippen LogP contribution in [0.1, 0.15) is 46.6 Å². The number of rotatable bonds is 4. The Bertz CT molecular complexity index is 811. The third kappa shape index (κ3) is 4.07. The molecule has 1 aliphatic rings. The molecule has 2 amide bonds. The third-order valence-electron chi connectivity index (χ3n) is 4.53. The fraction of sp³-hybridized carbons (Fsp3) is 0.400. The number of carbonyl (C=O) groups excluding carboxylic acids is 2. The monoisotopic (exact) mass is 372 g/mol. The first-order chi connectivity index (χ1) is 12.5. The number of fused-ring (bicyclic) bond motifs is 1. The van der Waals surface area contributed by atoms with E-state index in [1.165, 1.54) is 16.2 Å². The SMILES string of the molecule is CCOC(=O)c1c(NC(=O)Nc2ccc(C)cc2)sc2c1CCC(C)C2. The van der Waals surface area contributed by atoms with Crippen molar-refractivity contribution in [2.24, 2.45) is 5.92 Å². The summed E-state index contributed by atoms with van der Waals surface area (Å²) in [5.41, 5.74) is 3.40. The summed E-state index contributed by atoms with van der Waals surface area (Å²) in [6.07, 6.45) is 2.83. The maximum atomic E-state index is 12.5. The number of nitrogens with one attached hydrogen (secondary N) is 2. The number of hydrogen-bond donors (Lipinski definition) is 2. The van der Waals surface area contributed by atoms with Gasteiger partial charge in [0, 0.05) is 10.6 Å². The Hall–Kier alpha value is -2.34. The summed E-state index contributed by atoms with van der Waals surface area (Å²) < 4.78 is 5.23. The van der Waals surface area contributed by atoms with Crippen molar-refractivity contribution in [3.8, 4) is 0 Å². The van der Waals surface area contributed by atoms with Gasteiger partial charge >= 0.3 is 12.0 Å². The summed E-state index contributed by atoms with van der Waals surface area (Å²) in [4.78, 5) is 26.1. The number of aryl methyl sites for hydroxylation is 1. The fourth-order valence-corrected chi connectivity index (χ4v) is 4.55. The molecular formula is C20H24N2O3S. The van der Waals surface area contributed by atoms with Crippen LogP contribution in [-0.4, -0.2) is 18.6 Å². The number of thiophene rings is 1. The smallest absolute Gasteiger partial charge is 0.341 e. The van der Waals surface area contributed by atoms with Gasteiger partial charge in [-0.1, -0.05) is 24.6 Å². The fourth-order valence-electron chi connectivity index (χ4n) is 3.16. The van der Waals surface area contributed by atoms with E-state index in [0.29, 0.717) is 28.8 Å². The molecule has 6 heteroatoms. The van der Waals surface area contributed by atoms with Crippen LogP contribution in [0.25, 0.3) is 0 Å². The summed E-state index contributed by atoms with van der Waals surface area (Å²) in [5, 5.41) is 6.24. The van der Waals surface area contributed by atoms with Gasteiger partial charge in [-0.05, 0) is 56.7 Å². The van der Waals surface area contributed by atoms with E-state index < -0.39 is 0 Å². The number of amides is 2. The summed E-state index contributed by atoms with van der Waals surface area (Å²) in [6.45, 7) is 6.31. The molecule has 0 saturated heterocycles. The molecule has 1 unspecified atom stereocenters. The summed E-state index contributed by atoms with van der Waals surface area (Å²) >= 11 is 1.49. The highest BCUT2D eigenvalue weighted by Gasteiger charge is 2.29. The minimum Gasteiger partial charge on any atom is -0.462 e. The number of esters is 1. The normalized spacial score (nSPS) is 15.9. The van der Waals surface area contributed by atoms with Gasteiger partial charge in [0.15, 0.2) is 0 Å². The lowest BCUT2D eigenvalue weighted by atomic mass is 9.88. The third-order valence-corrected chi connectivity index (χ3v) is 5.70. The quantitative estimate of drug-likeness (QED) is 0.742. The van der Waals surface area contributed by atoms with E-state index in [0.717, 1.165) is 30.4 Å². The zero-order valence-corrected chi connectivity index (χ0v) is 16.2. The molecule has 0 spiro atoms. The number of urea groups is 1. The molecule has 0 bridgehead atoms. The average Bonchev–Trinajstić information content (AvgIpc) is 2.93. The maximum Gasteiger partial charge on any atom is 0.341 e. The lowest BCUT2D eigenvalue weighted by Gasteiger charge is -2.18. The molecule has 0 saturated carbocycles. The second-order valence-electron chi connectivity index (χ2n) is 6.72. The predicted molar refractivity (Wildman–Crippen MR) is 105 cm³/mol. The van der Waals surface area contributed by atoms with Gasteiger partial charge in [-0.2, -0.15) is 0 Å². The van der Waals surface area contributed by atoms with Gasteiger partial charge in [0.1, 0.15) is 5.00 Å². The van der Waals surface area contributed by atoms with Crippen molar-refractivity contribution in [3.05, 3.63) is 45.8 Å². The topological polar surface area (TPSA) is 67.4 Å². The van der Waals surface area contributed by atoms with Gasteiger partial charge in [0.05, 0.1) is 12.2 Å². The van der Waals surface area contributed by atoms with Gasteiger partial charge in [0.25, 0.3) is 0 Å². The highest BCUT2D eigenvalue weighted by molar-refractivity contribution is 7.17. The standard InChI is InChI=1S/C20H24N2O3S/c1-4-25-19(23)17-15-10-7-13(3)11-16(15)26-18(17)22-20(24)21-14-8-5-12(2)6-9-14/h5-6,8-9,13H,4,7,10-11H2,1-3H3,(H2,21,22,24). The van der Waals surface area contributed by atoms with E-state index in [1.807, 2.05) is 31.2 Å². The minimum atomic E-state index is -0.356. The average molecular weight is 372 g/mol. The van der Waals surface area contributed by atoms with Crippen molar-refractivity contribution >= 4 is 34.0 Å². The summed E-state index contributed by atoms with van der Waals surface area (Å²) in [6, 6.07) is 7.21. The van der Waals surface area contributed by atoms with Crippen LogP contribution < -0.4 is 10.6 Å². The zero-order chi connectivity index (χ0) is 18.7. The van der Waals surface area contributed by atoms with Crippen LogP contribution in [0.3, 0.4) is 0 Å².